The van der Waals surface area contributed by atoms with Gasteiger partial charge in [0, 0.05) is 53.2 Å². The van der Waals surface area contributed by atoms with E-state index >= 15 is 0 Å². The molecule has 0 spiro atoms. The second kappa shape index (κ2) is 9.30. The van der Waals surface area contributed by atoms with Crippen LogP contribution in [0.5, 0.6) is 0 Å². The van der Waals surface area contributed by atoms with E-state index in [0.29, 0.717) is 11.8 Å². The largest absolute Gasteiger partial charge is 0.355 e. The van der Waals surface area contributed by atoms with Gasteiger partial charge in [-0.2, -0.15) is 0 Å². The third kappa shape index (κ3) is 3.48. The Morgan fingerprint density at radius 3 is 2.12 bits per heavy atom. The van der Waals surface area contributed by atoms with Crippen molar-refractivity contribution in [3.63, 3.8) is 0 Å². The van der Waals surface area contributed by atoms with Crippen molar-refractivity contribution in [1.82, 2.24) is 9.55 Å². The number of fused-ring (bicyclic) bond motifs is 11. The summed E-state index contributed by atoms with van der Waals surface area (Å²) in [6, 6.07) is 38.7. The highest BCUT2D eigenvalue weighted by atomic mass is 32.1. The monoisotopic (exact) mass is 640 g/mol. The molecule has 2 aliphatic carbocycles. The summed E-state index contributed by atoms with van der Waals surface area (Å²) >= 11 is 1.88. The molecule has 236 valence electrons. The molecule has 0 amide bonds. The minimum atomic E-state index is 0.144. The predicted molar refractivity (Wildman–Crippen MR) is 208 cm³/mol. The number of aromatic amines is 1. The van der Waals surface area contributed by atoms with Crippen LogP contribution in [0, 0.1) is 22.2 Å². The van der Waals surface area contributed by atoms with Gasteiger partial charge in [0.2, 0.25) is 0 Å². The quantitative estimate of drug-likeness (QED) is 0.194. The predicted octanol–water partition coefficient (Wildman–Crippen LogP) is 13.1. The number of rotatable bonds is 2. The Kier molecular flexibility index (Phi) is 5.51. The summed E-state index contributed by atoms with van der Waals surface area (Å²) in [5, 5.41) is 6.63. The number of hydrogen-bond donors (Lipinski definition) is 1. The van der Waals surface area contributed by atoms with Gasteiger partial charge in [0.1, 0.15) is 0 Å². The van der Waals surface area contributed by atoms with Crippen molar-refractivity contribution in [1.29, 1.82) is 0 Å². The average Bonchev–Trinajstić information content (AvgIpc) is 3.77. The first-order chi connectivity index (χ1) is 23.1. The van der Waals surface area contributed by atoms with Crippen molar-refractivity contribution in [2.75, 3.05) is 0 Å². The van der Waals surface area contributed by atoms with Crippen LogP contribution in [-0.2, 0) is 0 Å². The fourth-order valence-corrected chi connectivity index (χ4v) is 10.9. The van der Waals surface area contributed by atoms with Gasteiger partial charge < -0.3 is 9.55 Å². The number of H-pyrrole nitrogens is 1. The molecule has 3 aromatic heterocycles. The molecule has 0 radical (unpaired) electrons. The van der Waals surface area contributed by atoms with Gasteiger partial charge in [0.25, 0.3) is 0 Å². The molecule has 1 N–H and O–H groups in total. The zero-order chi connectivity index (χ0) is 32.7. The Hall–Kier alpha value is -4.60. The SMILES string of the molecule is CC1(C)C2C=Cc3[nH]c4ccc(-c5ccc6c(c5)c5ccccc5n6-c5ccc6c(c5)sc5ccccc56)cc4c3C2C(C)(C)C1(C)C. The van der Waals surface area contributed by atoms with Crippen LogP contribution in [0.2, 0.25) is 0 Å². The lowest BCUT2D eigenvalue weighted by molar-refractivity contribution is 0.0409. The summed E-state index contributed by atoms with van der Waals surface area (Å²) in [4.78, 5) is 3.81. The lowest BCUT2D eigenvalue weighted by atomic mass is 9.59. The van der Waals surface area contributed by atoms with Gasteiger partial charge >= 0.3 is 0 Å². The molecule has 2 aliphatic rings. The standard InChI is InChI=1S/C45H40N2S/c1-43(2)34-19-21-36-41(42(34)44(3,4)45(43,5)6)33-24-26(15-20-35(33)46-36)27-16-22-38-32(23-27)29-11-7-9-13-37(29)47(38)28-17-18-31-30-12-8-10-14-39(30)48-40(31)25-28/h7-25,34,42,46H,1-6H3. The van der Waals surface area contributed by atoms with Crippen molar-refractivity contribution in [2.45, 2.75) is 47.5 Å². The number of aromatic nitrogens is 2. The molecule has 3 heterocycles. The second-order valence-corrected chi connectivity index (χ2v) is 17.1. The Morgan fingerprint density at radius 2 is 1.29 bits per heavy atom. The van der Waals surface area contributed by atoms with Gasteiger partial charge in [-0.3, -0.25) is 0 Å². The van der Waals surface area contributed by atoms with Crippen LogP contribution in [0.4, 0.5) is 0 Å². The molecule has 0 aliphatic heterocycles. The van der Waals surface area contributed by atoms with Gasteiger partial charge in [0.05, 0.1) is 11.0 Å². The number of benzene rings is 5. The lowest BCUT2D eigenvalue weighted by Crippen LogP contribution is -2.38. The molecule has 10 rings (SSSR count). The number of nitrogens with one attached hydrogen (secondary N) is 1. The average molecular weight is 641 g/mol. The summed E-state index contributed by atoms with van der Waals surface area (Å²) < 4.78 is 5.11. The summed E-state index contributed by atoms with van der Waals surface area (Å²) in [6.45, 7) is 15.0. The first kappa shape index (κ1) is 28.4. The van der Waals surface area contributed by atoms with Crippen LogP contribution >= 0.6 is 11.3 Å². The minimum absolute atomic E-state index is 0.144. The van der Waals surface area contributed by atoms with Crippen molar-refractivity contribution in [3.8, 4) is 16.8 Å². The molecule has 0 saturated heterocycles. The van der Waals surface area contributed by atoms with E-state index in [0.717, 1.165) is 0 Å². The van der Waals surface area contributed by atoms with Crippen LogP contribution in [0.15, 0.2) is 109 Å². The maximum Gasteiger partial charge on any atom is 0.0541 e. The molecule has 2 atom stereocenters. The molecule has 0 bridgehead atoms. The molecule has 3 heteroatoms. The molecule has 8 aromatic rings. The Morgan fingerprint density at radius 1 is 0.604 bits per heavy atom. The topological polar surface area (TPSA) is 20.7 Å². The van der Waals surface area contributed by atoms with Gasteiger partial charge in [-0.25, -0.2) is 0 Å². The Balaban J connectivity index is 1.14. The number of nitrogens with zero attached hydrogens (tertiary/aromatic N) is 1. The van der Waals surface area contributed by atoms with Gasteiger partial charge in [-0.15, -0.1) is 11.3 Å². The van der Waals surface area contributed by atoms with E-state index in [4.69, 9.17) is 0 Å². The van der Waals surface area contributed by atoms with E-state index in [2.05, 4.69) is 166 Å². The van der Waals surface area contributed by atoms with E-state index in [1.54, 1.807) is 0 Å². The number of para-hydroxylation sites is 1. The third-order valence-electron chi connectivity index (χ3n) is 13.5. The van der Waals surface area contributed by atoms with Crippen LogP contribution in [0.3, 0.4) is 0 Å². The molecule has 2 unspecified atom stereocenters. The molecular formula is C45H40N2S. The van der Waals surface area contributed by atoms with Crippen molar-refractivity contribution in [2.24, 2.45) is 22.2 Å². The number of hydrogen-bond acceptors (Lipinski definition) is 1. The molecule has 2 nitrogen and oxygen atoms in total. The number of thiophene rings is 1. The summed E-state index contributed by atoms with van der Waals surface area (Å²) in [6.07, 6.45) is 4.87. The van der Waals surface area contributed by atoms with Crippen LogP contribution < -0.4 is 0 Å². The van der Waals surface area contributed by atoms with E-state index in [9.17, 15) is 0 Å². The summed E-state index contributed by atoms with van der Waals surface area (Å²) in [7, 11) is 0. The van der Waals surface area contributed by atoms with Crippen molar-refractivity contribution >= 4 is 70.3 Å². The number of allylic oxidation sites excluding steroid dienone is 1. The van der Waals surface area contributed by atoms with Gasteiger partial charge in [-0.05, 0) is 99.4 Å². The molecule has 5 aromatic carbocycles. The van der Waals surface area contributed by atoms with Crippen molar-refractivity contribution in [3.05, 3.63) is 120 Å². The zero-order valence-corrected chi connectivity index (χ0v) is 29.3. The van der Waals surface area contributed by atoms with E-state index in [-0.39, 0.29) is 16.2 Å². The van der Waals surface area contributed by atoms with E-state index < -0.39 is 0 Å². The lowest BCUT2D eigenvalue weighted by Gasteiger charge is -2.45. The van der Waals surface area contributed by atoms with Gasteiger partial charge in [0.15, 0.2) is 0 Å². The highest BCUT2D eigenvalue weighted by Crippen LogP contribution is 2.72. The normalized spacial score (nSPS) is 20.7. The van der Waals surface area contributed by atoms with Crippen LogP contribution in [0.1, 0.15) is 58.7 Å². The maximum absolute atomic E-state index is 3.81. The molecule has 48 heavy (non-hydrogen) atoms. The van der Waals surface area contributed by atoms with Gasteiger partial charge in [-0.1, -0.05) is 102 Å². The van der Waals surface area contributed by atoms with Crippen LogP contribution in [-0.4, -0.2) is 9.55 Å². The van der Waals surface area contributed by atoms with Crippen LogP contribution in [0.25, 0.3) is 75.8 Å². The fourth-order valence-electron chi connectivity index (χ4n) is 9.76. The Labute approximate surface area is 285 Å². The maximum atomic E-state index is 3.81. The Bertz CT molecular complexity index is 2670. The first-order valence-corrected chi connectivity index (χ1v) is 18.2. The highest BCUT2D eigenvalue weighted by Gasteiger charge is 2.64. The van der Waals surface area contributed by atoms with E-state index in [1.807, 2.05) is 11.3 Å². The van der Waals surface area contributed by atoms with Crippen molar-refractivity contribution < 1.29 is 0 Å². The summed E-state index contributed by atoms with van der Waals surface area (Å²) in [5.41, 5.74) is 10.8. The highest BCUT2D eigenvalue weighted by molar-refractivity contribution is 7.25. The first-order valence-electron chi connectivity index (χ1n) is 17.4. The summed E-state index contributed by atoms with van der Waals surface area (Å²) in [5.74, 6) is 0.970. The fraction of sp³-hybridized carbons (Fsp3) is 0.244. The molecular weight excluding hydrogens is 601 g/mol. The van der Waals surface area contributed by atoms with E-state index in [1.165, 1.54) is 81.0 Å². The minimum Gasteiger partial charge on any atom is -0.355 e. The molecule has 1 fully saturated rings. The smallest absolute Gasteiger partial charge is 0.0541 e. The third-order valence-corrected chi connectivity index (χ3v) is 14.6. The molecule has 1 saturated carbocycles. The second-order valence-electron chi connectivity index (χ2n) is 16.0. The zero-order valence-electron chi connectivity index (χ0n) is 28.5.